The zero-order chi connectivity index (χ0) is 14.9. The Balaban J connectivity index is 2.21. The smallest absolute Gasteiger partial charge is 0.149 e. The van der Waals surface area contributed by atoms with Gasteiger partial charge in [0, 0.05) is 12.6 Å². The van der Waals surface area contributed by atoms with Gasteiger partial charge in [0.2, 0.25) is 0 Å². The number of rotatable bonds is 3. The van der Waals surface area contributed by atoms with Crippen LogP contribution in [0.5, 0.6) is 0 Å². The standard InChI is InChI=1S/C16H16BrF2N/c1-9-4-11(3)12(5-10(9)2)8-20-16-6-13(17)14(18)7-15(16)19/h4-7,20H,8H2,1-3H3. The summed E-state index contributed by atoms with van der Waals surface area (Å²) in [6.07, 6.45) is 0. The maximum absolute atomic E-state index is 13.7. The highest BCUT2D eigenvalue weighted by atomic mass is 79.9. The fourth-order valence-corrected chi connectivity index (χ4v) is 2.40. The fourth-order valence-electron chi connectivity index (χ4n) is 2.06. The third-order valence-corrected chi connectivity index (χ3v) is 4.04. The van der Waals surface area contributed by atoms with Crippen molar-refractivity contribution in [3.8, 4) is 0 Å². The van der Waals surface area contributed by atoms with Crippen molar-refractivity contribution in [2.45, 2.75) is 27.3 Å². The van der Waals surface area contributed by atoms with Gasteiger partial charge < -0.3 is 5.32 Å². The van der Waals surface area contributed by atoms with E-state index in [0.29, 0.717) is 6.54 Å². The average Bonchev–Trinajstić information content (AvgIpc) is 2.37. The molecule has 0 heterocycles. The van der Waals surface area contributed by atoms with Crippen LogP contribution in [0.4, 0.5) is 14.5 Å². The first-order valence-corrected chi connectivity index (χ1v) is 7.13. The second-order valence-corrected chi connectivity index (χ2v) is 5.82. The monoisotopic (exact) mass is 339 g/mol. The van der Waals surface area contributed by atoms with Crippen LogP contribution in [0.2, 0.25) is 0 Å². The van der Waals surface area contributed by atoms with Crippen molar-refractivity contribution in [1.82, 2.24) is 0 Å². The van der Waals surface area contributed by atoms with Gasteiger partial charge in [-0.15, -0.1) is 0 Å². The minimum atomic E-state index is -0.601. The lowest BCUT2D eigenvalue weighted by atomic mass is 10.0. The van der Waals surface area contributed by atoms with Crippen molar-refractivity contribution in [3.05, 3.63) is 62.6 Å². The van der Waals surface area contributed by atoms with E-state index in [0.717, 1.165) is 17.2 Å². The molecule has 0 unspecified atom stereocenters. The number of hydrogen-bond donors (Lipinski definition) is 1. The summed E-state index contributed by atoms with van der Waals surface area (Å²) in [5.74, 6) is -1.19. The normalized spacial score (nSPS) is 10.7. The van der Waals surface area contributed by atoms with Crippen molar-refractivity contribution in [2.75, 3.05) is 5.32 Å². The van der Waals surface area contributed by atoms with Crippen LogP contribution in [-0.2, 0) is 6.54 Å². The average molecular weight is 340 g/mol. The Morgan fingerprint density at radius 3 is 2.25 bits per heavy atom. The Labute approximate surface area is 126 Å². The van der Waals surface area contributed by atoms with Gasteiger partial charge in [-0.05, 0) is 65.0 Å². The Bertz CT molecular complexity index is 596. The van der Waals surface area contributed by atoms with E-state index < -0.39 is 11.6 Å². The van der Waals surface area contributed by atoms with E-state index in [1.807, 2.05) is 13.8 Å². The third kappa shape index (κ3) is 3.18. The minimum absolute atomic E-state index is 0.248. The first-order valence-electron chi connectivity index (χ1n) is 6.33. The summed E-state index contributed by atoms with van der Waals surface area (Å²) in [4.78, 5) is 0. The lowest BCUT2D eigenvalue weighted by Crippen LogP contribution is -2.04. The molecule has 1 nitrogen and oxygen atoms in total. The highest BCUT2D eigenvalue weighted by Crippen LogP contribution is 2.24. The number of nitrogens with one attached hydrogen (secondary N) is 1. The molecule has 0 spiro atoms. The maximum atomic E-state index is 13.7. The van der Waals surface area contributed by atoms with Crippen molar-refractivity contribution in [3.63, 3.8) is 0 Å². The molecule has 4 heteroatoms. The quantitative estimate of drug-likeness (QED) is 0.751. The predicted molar refractivity (Wildman–Crippen MR) is 82.0 cm³/mol. The highest BCUT2D eigenvalue weighted by Gasteiger charge is 2.09. The molecular formula is C16H16BrF2N. The van der Waals surface area contributed by atoms with Gasteiger partial charge in [0.15, 0.2) is 0 Å². The van der Waals surface area contributed by atoms with Gasteiger partial charge in [0.25, 0.3) is 0 Å². The Kier molecular flexibility index (Phi) is 4.43. The van der Waals surface area contributed by atoms with Gasteiger partial charge in [-0.1, -0.05) is 12.1 Å². The van der Waals surface area contributed by atoms with E-state index in [1.54, 1.807) is 0 Å². The summed E-state index contributed by atoms with van der Waals surface area (Å²) in [6.45, 7) is 6.64. The molecule has 0 saturated carbocycles. The SMILES string of the molecule is Cc1cc(C)c(CNc2cc(Br)c(F)cc2F)cc1C. The third-order valence-electron chi connectivity index (χ3n) is 3.43. The molecule has 0 fully saturated rings. The van der Waals surface area contributed by atoms with Gasteiger partial charge >= 0.3 is 0 Å². The molecule has 0 aliphatic rings. The number of aryl methyl sites for hydroxylation is 3. The summed E-state index contributed by atoms with van der Waals surface area (Å²) >= 11 is 3.06. The summed E-state index contributed by atoms with van der Waals surface area (Å²) < 4.78 is 27.1. The van der Waals surface area contributed by atoms with Gasteiger partial charge in [-0.25, -0.2) is 8.78 Å². The van der Waals surface area contributed by atoms with Crippen molar-refractivity contribution in [2.24, 2.45) is 0 Å². The molecule has 2 rings (SSSR count). The fraction of sp³-hybridized carbons (Fsp3) is 0.250. The molecule has 20 heavy (non-hydrogen) atoms. The lowest BCUT2D eigenvalue weighted by molar-refractivity contribution is 0.580. The molecule has 0 aromatic heterocycles. The van der Waals surface area contributed by atoms with E-state index >= 15 is 0 Å². The molecule has 0 atom stereocenters. The van der Waals surface area contributed by atoms with Crippen LogP contribution in [0, 0.1) is 32.4 Å². The van der Waals surface area contributed by atoms with Gasteiger partial charge in [0.05, 0.1) is 10.2 Å². The van der Waals surface area contributed by atoms with Crippen molar-refractivity contribution < 1.29 is 8.78 Å². The van der Waals surface area contributed by atoms with Crippen LogP contribution in [0.25, 0.3) is 0 Å². The first kappa shape index (κ1) is 15.0. The largest absolute Gasteiger partial charge is 0.379 e. The Morgan fingerprint density at radius 2 is 1.55 bits per heavy atom. The Morgan fingerprint density at radius 1 is 0.900 bits per heavy atom. The topological polar surface area (TPSA) is 12.0 Å². The molecular weight excluding hydrogens is 324 g/mol. The molecule has 0 radical (unpaired) electrons. The molecule has 2 aromatic rings. The zero-order valence-corrected chi connectivity index (χ0v) is 13.2. The first-order chi connectivity index (χ1) is 9.38. The zero-order valence-electron chi connectivity index (χ0n) is 11.7. The second-order valence-electron chi connectivity index (χ2n) is 4.96. The summed E-state index contributed by atoms with van der Waals surface area (Å²) in [5, 5.41) is 3.01. The van der Waals surface area contributed by atoms with Crippen LogP contribution in [0.15, 0.2) is 28.7 Å². The van der Waals surface area contributed by atoms with Crippen molar-refractivity contribution in [1.29, 1.82) is 0 Å². The van der Waals surface area contributed by atoms with Gasteiger partial charge in [-0.2, -0.15) is 0 Å². The van der Waals surface area contributed by atoms with Gasteiger partial charge in [0.1, 0.15) is 11.6 Å². The maximum Gasteiger partial charge on any atom is 0.149 e. The van der Waals surface area contributed by atoms with Crippen molar-refractivity contribution >= 4 is 21.6 Å². The van der Waals surface area contributed by atoms with E-state index in [2.05, 4.69) is 40.3 Å². The summed E-state index contributed by atoms with van der Waals surface area (Å²) in [5.41, 5.74) is 4.99. The lowest BCUT2D eigenvalue weighted by Gasteiger charge is -2.13. The molecule has 2 aromatic carbocycles. The molecule has 0 amide bonds. The van der Waals surface area contributed by atoms with E-state index in [1.165, 1.54) is 17.2 Å². The molecule has 106 valence electrons. The van der Waals surface area contributed by atoms with Crippen LogP contribution in [0.3, 0.4) is 0 Å². The number of anilines is 1. The van der Waals surface area contributed by atoms with Crippen LogP contribution >= 0.6 is 15.9 Å². The van der Waals surface area contributed by atoms with Gasteiger partial charge in [-0.3, -0.25) is 0 Å². The van der Waals surface area contributed by atoms with Crippen LogP contribution in [-0.4, -0.2) is 0 Å². The number of hydrogen-bond acceptors (Lipinski definition) is 1. The van der Waals surface area contributed by atoms with E-state index in [9.17, 15) is 8.78 Å². The summed E-state index contributed by atoms with van der Waals surface area (Å²) in [6, 6.07) is 6.50. The Hall–Kier alpha value is -1.42. The van der Waals surface area contributed by atoms with E-state index in [-0.39, 0.29) is 10.2 Å². The predicted octanol–water partition coefficient (Wildman–Crippen LogP) is 5.26. The number of halogens is 3. The molecule has 0 aliphatic carbocycles. The molecule has 0 bridgehead atoms. The molecule has 0 aliphatic heterocycles. The minimum Gasteiger partial charge on any atom is -0.379 e. The summed E-state index contributed by atoms with van der Waals surface area (Å²) in [7, 11) is 0. The second kappa shape index (κ2) is 5.92. The molecule has 1 N–H and O–H groups in total. The number of benzene rings is 2. The van der Waals surface area contributed by atoms with E-state index in [4.69, 9.17) is 0 Å². The van der Waals surface area contributed by atoms with Crippen LogP contribution < -0.4 is 5.32 Å². The highest BCUT2D eigenvalue weighted by molar-refractivity contribution is 9.10. The van der Waals surface area contributed by atoms with Crippen LogP contribution in [0.1, 0.15) is 22.3 Å². The molecule has 0 saturated heterocycles.